The van der Waals surface area contributed by atoms with Crippen molar-refractivity contribution in [1.82, 2.24) is 0 Å². The third kappa shape index (κ3) is 5.99. The zero-order valence-electron chi connectivity index (χ0n) is 17.0. The summed E-state index contributed by atoms with van der Waals surface area (Å²) < 4.78 is 46.6. The number of benzene rings is 2. The van der Waals surface area contributed by atoms with Crippen LogP contribution in [0.25, 0.3) is 0 Å². The number of carbonyl (C=O) groups is 1. The molecule has 0 aliphatic heterocycles. The second-order valence-electron chi connectivity index (χ2n) is 7.65. The lowest BCUT2D eigenvalue weighted by atomic mass is 9.91. The van der Waals surface area contributed by atoms with Gasteiger partial charge < -0.3 is 20.6 Å². The number of anilines is 1. The van der Waals surface area contributed by atoms with E-state index < -0.39 is 17.7 Å². The van der Waals surface area contributed by atoms with Crippen LogP contribution in [-0.2, 0) is 17.6 Å². The van der Waals surface area contributed by atoms with Crippen LogP contribution < -0.4 is 10.1 Å². The molecule has 166 valence electrons. The highest BCUT2D eigenvalue weighted by atomic mass is 19.4. The van der Waals surface area contributed by atoms with Crippen molar-refractivity contribution in [3.05, 3.63) is 58.7 Å². The number of carboxylic acids is 1. The molecule has 0 spiro atoms. The first-order chi connectivity index (χ1) is 14.8. The van der Waals surface area contributed by atoms with Crippen molar-refractivity contribution in [2.24, 2.45) is 0 Å². The van der Waals surface area contributed by atoms with E-state index in [1.807, 2.05) is 0 Å². The van der Waals surface area contributed by atoms with Crippen LogP contribution >= 0.6 is 0 Å². The smallest absolute Gasteiger partial charge is 0.416 e. The molecule has 0 bridgehead atoms. The Bertz CT molecular complexity index is 938. The molecule has 31 heavy (non-hydrogen) atoms. The van der Waals surface area contributed by atoms with Gasteiger partial charge in [0.25, 0.3) is 0 Å². The van der Waals surface area contributed by atoms with Gasteiger partial charge in [0, 0.05) is 24.0 Å². The van der Waals surface area contributed by atoms with Crippen molar-refractivity contribution >= 4 is 17.9 Å². The maximum Gasteiger partial charge on any atom is 0.416 e. The molecule has 2 aromatic rings. The van der Waals surface area contributed by atoms with E-state index in [0.717, 1.165) is 31.9 Å². The summed E-state index contributed by atoms with van der Waals surface area (Å²) >= 11 is 0. The van der Waals surface area contributed by atoms with Crippen molar-refractivity contribution in [3.63, 3.8) is 0 Å². The summed E-state index contributed by atoms with van der Waals surface area (Å²) in [6.07, 6.45) is 0.135. The van der Waals surface area contributed by atoms with Crippen LogP contribution in [0.15, 0.2) is 36.4 Å². The van der Waals surface area contributed by atoms with Gasteiger partial charge in [-0.2, -0.15) is 13.2 Å². The lowest BCUT2D eigenvalue weighted by molar-refractivity contribution is -0.138. The van der Waals surface area contributed by atoms with Gasteiger partial charge in [-0.1, -0.05) is 25.0 Å². The van der Waals surface area contributed by atoms with E-state index in [1.165, 1.54) is 6.07 Å². The molecule has 0 atom stereocenters. The third-order valence-electron chi connectivity index (χ3n) is 5.46. The Balaban J connectivity index is 1.71. The minimum atomic E-state index is -4.41. The van der Waals surface area contributed by atoms with Crippen LogP contribution in [0.4, 0.5) is 18.9 Å². The largest absolute Gasteiger partial charge is 0.489 e. The Hall–Kier alpha value is -3.03. The Morgan fingerprint density at radius 3 is 2.58 bits per heavy atom. The molecule has 8 heteroatoms. The van der Waals surface area contributed by atoms with Gasteiger partial charge in [0.15, 0.2) is 0 Å². The molecule has 0 heterocycles. The van der Waals surface area contributed by atoms with Crippen LogP contribution in [0.5, 0.6) is 5.75 Å². The fourth-order valence-corrected chi connectivity index (χ4v) is 3.91. The average molecular weight is 434 g/mol. The molecular weight excluding hydrogens is 409 g/mol. The predicted molar refractivity (Wildman–Crippen MR) is 112 cm³/mol. The molecule has 3 N–H and O–H groups in total. The Kier molecular flexibility index (Phi) is 7.20. The number of alkyl halides is 3. The molecule has 1 fully saturated rings. The predicted octanol–water partition coefficient (Wildman–Crippen LogP) is 5.83. The molecule has 3 rings (SSSR count). The van der Waals surface area contributed by atoms with Crippen molar-refractivity contribution in [2.75, 3.05) is 11.9 Å². The summed E-state index contributed by atoms with van der Waals surface area (Å²) in [5.74, 6) is -0.556. The van der Waals surface area contributed by atoms with Crippen molar-refractivity contribution in [3.8, 4) is 5.75 Å². The molecule has 1 saturated carbocycles. The van der Waals surface area contributed by atoms with E-state index in [-0.39, 0.29) is 25.5 Å². The molecule has 0 saturated heterocycles. The van der Waals surface area contributed by atoms with E-state index in [9.17, 15) is 18.0 Å². The Morgan fingerprint density at radius 1 is 1.19 bits per heavy atom. The third-order valence-corrected chi connectivity index (χ3v) is 5.46. The summed E-state index contributed by atoms with van der Waals surface area (Å²) in [4.78, 5) is 10.6. The summed E-state index contributed by atoms with van der Waals surface area (Å²) in [6, 6.07) is 9.31. The molecule has 0 radical (unpaired) electrons. The first-order valence-corrected chi connectivity index (χ1v) is 10.2. The maximum absolute atomic E-state index is 13.6. The minimum Gasteiger partial charge on any atom is -0.489 e. The Morgan fingerprint density at radius 2 is 1.94 bits per heavy atom. The van der Waals surface area contributed by atoms with Gasteiger partial charge in [0.05, 0.1) is 12.0 Å². The fraction of sp³-hybridized carbons (Fsp3) is 0.391. The average Bonchev–Trinajstić information content (AvgIpc) is 3.26. The highest BCUT2D eigenvalue weighted by molar-refractivity contribution is 5.86. The number of rotatable bonds is 9. The summed E-state index contributed by atoms with van der Waals surface area (Å²) in [6.45, 7) is 0.182. The van der Waals surface area contributed by atoms with Crippen molar-refractivity contribution in [1.29, 1.82) is 5.41 Å². The number of halogens is 3. The van der Waals surface area contributed by atoms with Gasteiger partial charge >= 0.3 is 12.1 Å². The molecular formula is C23H25F3N2O3. The number of carboxylic acid groups (broad SMARTS) is 1. The van der Waals surface area contributed by atoms with Crippen LogP contribution in [0, 0.1) is 5.41 Å². The molecule has 5 nitrogen and oxygen atoms in total. The molecule has 0 aromatic heterocycles. The van der Waals surface area contributed by atoms with Crippen molar-refractivity contribution in [2.45, 2.75) is 50.8 Å². The van der Waals surface area contributed by atoms with Gasteiger partial charge in [-0.15, -0.1) is 0 Å². The maximum atomic E-state index is 13.6. The molecule has 1 aliphatic rings. The van der Waals surface area contributed by atoms with E-state index in [2.05, 4.69) is 5.32 Å². The normalized spacial score (nSPS) is 14.4. The van der Waals surface area contributed by atoms with E-state index in [4.69, 9.17) is 15.3 Å². The molecule has 0 unspecified atom stereocenters. The second kappa shape index (κ2) is 9.85. The number of ether oxygens (including phenoxy) is 1. The first kappa shape index (κ1) is 22.7. The fourth-order valence-electron chi connectivity index (χ4n) is 3.91. The molecule has 0 amide bonds. The highest BCUT2D eigenvalue weighted by Gasteiger charge is 2.36. The number of nitrogens with one attached hydrogen (secondary N) is 2. The number of hydrogen-bond donors (Lipinski definition) is 3. The van der Waals surface area contributed by atoms with Gasteiger partial charge in [0.1, 0.15) is 12.4 Å². The Labute approximate surface area is 178 Å². The monoisotopic (exact) mass is 434 g/mol. The van der Waals surface area contributed by atoms with Crippen molar-refractivity contribution < 1.29 is 27.8 Å². The highest BCUT2D eigenvalue weighted by Crippen LogP contribution is 2.42. The van der Waals surface area contributed by atoms with Gasteiger partial charge in [-0.25, -0.2) is 0 Å². The molecule has 1 aliphatic carbocycles. The number of aliphatic carboxylic acids is 1. The SMILES string of the molecule is N=Cc1cc(OCc2ccc(C3CCCC3)c(C(F)(F)F)c2)ccc1NCCC(=O)O. The van der Waals surface area contributed by atoms with Crippen LogP contribution in [0.2, 0.25) is 0 Å². The van der Waals surface area contributed by atoms with E-state index in [0.29, 0.717) is 28.1 Å². The first-order valence-electron chi connectivity index (χ1n) is 10.2. The molecule has 2 aromatic carbocycles. The lowest BCUT2D eigenvalue weighted by Crippen LogP contribution is -2.12. The second-order valence-corrected chi connectivity index (χ2v) is 7.65. The lowest BCUT2D eigenvalue weighted by Gasteiger charge is -2.19. The van der Waals surface area contributed by atoms with Crippen LogP contribution in [-0.4, -0.2) is 23.8 Å². The van der Waals surface area contributed by atoms with Gasteiger partial charge in [-0.3, -0.25) is 4.79 Å². The standard InChI is InChI=1S/C23H25F3N2O3/c24-23(25,26)20-11-15(5-7-19(20)16-3-1-2-4-16)14-31-18-6-8-21(17(12-18)13-27)28-10-9-22(29)30/h5-8,11-13,16,27-28H,1-4,9-10,14H2,(H,29,30). The van der Waals surface area contributed by atoms with E-state index in [1.54, 1.807) is 30.3 Å². The van der Waals surface area contributed by atoms with E-state index >= 15 is 0 Å². The summed E-state index contributed by atoms with van der Waals surface area (Å²) in [5.41, 5.74) is 1.30. The number of hydrogen-bond acceptors (Lipinski definition) is 4. The zero-order chi connectivity index (χ0) is 22.4. The van der Waals surface area contributed by atoms with Gasteiger partial charge in [-0.05, 0) is 54.2 Å². The van der Waals surface area contributed by atoms with Gasteiger partial charge in [0.2, 0.25) is 0 Å². The summed E-state index contributed by atoms with van der Waals surface area (Å²) in [7, 11) is 0. The minimum absolute atomic E-state index is 0.0305. The van der Waals surface area contributed by atoms with Crippen LogP contribution in [0.1, 0.15) is 60.3 Å². The summed E-state index contributed by atoms with van der Waals surface area (Å²) in [5, 5.41) is 19.2. The quantitative estimate of drug-likeness (QED) is 0.434. The zero-order valence-corrected chi connectivity index (χ0v) is 17.0. The topological polar surface area (TPSA) is 82.4 Å². The van der Waals surface area contributed by atoms with Crippen LogP contribution in [0.3, 0.4) is 0 Å².